The predicted octanol–water partition coefficient (Wildman–Crippen LogP) is 2.50. The molecule has 0 aliphatic carbocycles. The monoisotopic (exact) mass is 344 g/mol. The lowest BCUT2D eigenvalue weighted by molar-refractivity contribution is -0.123. The van der Waals surface area contributed by atoms with Gasteiger partial charge in [-0.1, -0.05) is 39.0 Å². The van der Waals surface area contributed by atoms with Gasteiger partial charge in [0.25, 0.3) is 11.8 Å². The molecule has 25 heavy (non-hydrogen) atoms. The third kappa shape index (κ3) is 5.67. The number of carbonyl (C=O) groups is 2. The summed E-state index contributed by atoms with van der Waals surface area (Å²) < 4.78 is 10.6. The topological polar surface area (TPSA) is 80.6 Å². The number of benzene rings is 1. The van der Waals surface area contributed by atoms with E-state index in [-0.39, 0.29) is 29.6 Å². The van der Waals surface area contributed by atoms with Gasteiger partial charge in [-0.2, -0.15) is 0 Å². The molecule has 0 radical (unpaired) electrons. The number of furan rings is 1. The fourth-order valence-corrected chi connectivity index (χ4v) is 2.28. The molecule has 1 heterocycles. The number of hydrogen-bond donors (Lipinski definition) is 2. The van der Waals surface area contributed by atoms with Crippen molar-refractivity contribution >= 4 is 11.8 Å². The van der Waals surface area contributed by atoms with Gasteiger partial charge in [-0.3, -0.25) is 9.59 Å². The highest BCUT2D eigenvalue weighted by molar-refractivity contribution is 5.91. The van der Waals surface area contributed by atoms with E-state index >= 15 is 0 Å². The van der Waals surface area contributed by atoms with Crippen molar-refractivity contribution in [3.63, 3.8) is 0 Å². The summed E-state index contributed by atoms with van der Waals surface area (Å²) in [6.45, 7) is 6.84. The summed E-state index contributed by atoms with van der Waals surface area (Å²) in [5, 5.41) is 5.36. The molecule has 2 amide bonds. The van der Waals surface area contributed by atoms with Gasteiger partial charge in [-0.25, -0.2) is 0 Å². The minimum absolute atomic E-state index is 0.0663. The van der Waals surface area contributed by atoms with Gasteiger partial charge < -0.3 is 19.8 Å². The molecule has 0 atom stereocenters. The van der Waals surface area contributed by atoms with Crippen LogP contribution in [0.1, 0.15) is 36.9 Å². The minimum Gasteiger partial charge on any atom is -0.483 e. The lowest BCUT2D eigenvalue weighted by Gasteiger charge is -2.22. The summed E-state index contributed by atoms with van der Waals surface area (Å²) >= 11 is 0. The van der Waals surface area contributed by atoms with Gasteiger partial charge in [0.05, 0.1) is 6.26 Å². The Morgan fingerprint density at radius 3 is 2.44 bits per heavy atom. The zero-order valence-corrected chi connectivity index (χ0v) is 14.8. The number of rotatable bonds is 7. The Bertz CT molecular complexity index is 702. The molecular weight excluding hydrogens is 320 g/mol. The van der Waals surface area contributed by atoms with Crippen LogP contribution in [0.5, 0.6) is 5.75 Å². The number of carbonyl (C=O) groups excluding carboxylic acids is 2. The highest BCUT2D eigenvalue weighted by Crippen LogP contribution is 2.30. The first kappa shape index (κ1) is 18.6. The standard InChI is InChI=1S/C19H24N2O4/c1-19(2,3)14-7-4-5-8-15(14)25-13-17(22)20-10-11-21-18(23)16-9-6-12-24-16/h4-9,12H,10-11,13H2,1-3H3,(H,20,22)(H,21,23). The normalized spacial score (nSPS) is 11.0. The highest BCUT2D eigenvalue weighted by Gasteiger charge is 2.18. The predicted molar refractivity (Wildman–Crippen MR) is 94.7 cm³/mol. The average molecular weight is 344 g/mol. The Morgan fingerprint density at radius 2 is 1.76 bits per heavy atom. The van der Waals surface area contributed by atoms with E-state index < -0.39 is 0 Å². The average Bonchev–Trinajstić information content (AvgIpc) is 3.11. The molecule has 0 spiro atoms. The van der Waals surface area contributed by atoms with Crippen LogP contribution in [0.25, 0.3) is 0 Å². The molecule has 0 bridgehead atoms. The zero-order valence-electron chi connectivity index (χ0n) is 14.8. The van der Waals surface area contributed by atoms with Crippen molar-refractivity contribution in [1.29, 1.82) is 0 Å². The van der Waals surface area contributed by atoms with Crippen LogP contribution in [0.15, 0.2) is 47.1 Å². The maximum absolute atomic E-state index is 11.9. The quantitative estimate of drug-likeness (QED) is 0.756. The summed E-state index contributed by atoms with van der Waals surface area (Å²) in [7, 11) is 0. The Morgan fingerprint density at radius 1 is 1.04 bits per heavy atom. The van der Waals surface area contributed by atoms with E-state index in [2.05, 4.69) is 31.4 Å². The number of hydrogen-bond acceptors (Lipinski definition) is 4. The van der Waals surface area contributed by atoms with E-state index in [4.69, 9.17) is 9.15 Å². The summed E-state index contributed by atoms with van der Waals surface area (Å²) in [5.74, 6) is 0.398. The van der Waals surface area contributed by atoms with E-state index in [1.807, 2.05) is 24.3 Å². The Balaban J connectivity index is 1.72. The van der Waals surface area contributed by atoms with Crippen LogP contribution in [0.3, 0.4) is 0 Å². The molecule has 1 aromatic heterocycles. The van der Waals surface area contributed by atoms with Crippen molar-refractivity contribution in [1.82, 2.24) is 10.6 Å². The van der Waals surface area contributed by atoms with Crippen LogP contribution in [-0.2, 0) is 10.2 Å². The van der Waals surface area contributed by atoms with Crippen molar-refractivity contribution < 1.29 is 18.7 Å². The Labute approximate surface area is 147 Å². The molecular formula is C19H24N2O4. The fourth-order valence-electron chi connectivity index (χ4n) is 2.28. The van der Waals surface area contributed by atoms with Gasteiger partial charge >= 0.3 is 0 Å². The Hall–Kier alpha value is -2.76. The number of nitrogens with one attached hydrogen (secondary N) is 2. The van der Waals surface area contributed by atoms with Crippen LogP contribution >= 0.6 is 0 Å². The van der Waals surface area contributed by atoms with Crippen molar-refractivity contribution in [3.8, 4) is 5.75 Å². The first-order valence-electron chi connectivity index (χ1n) is 8.18. The largest absolute Gasteiger partial charge is 0.483 e. The van der Waals surface area contributed by atoms with Crippen LogP contribution in [0.4, 0.5) is 0 Å². The summed E-state index contributed by atoms with van der Waals surface area (Å²) in [5.41, 5.74) is 0.983. The third-order valence-electron chi connectivity index (χ3n) is 3.53. The second-order valence-electron chi connectivity index (χ2n) is 6.62. The second-order valence-corrected chi connectivity index (χ2v) is 6.62. The van der Waals surface area contributed by atoms with E-state index in [1.165, 1.54) is 6.26 Å². The van der Waals surface area contributed by atoms with Gasteiger partial charge in [0.2, 0.25) is 0 Å². The molecule has 1 aromatic carbocycles. The van der Waals surface area contributed by atoms with Gasteiger partial charge in [0.1, 0.15) is 5.75 Å². The maximum Gasteiger partial charge on any atom is 0.287 e. The van der Waals surface area contributed by atoms with E-state index in [0.29, 0.717) is 18.8 Å². The molecule has 2 aromatic rings. The molecule has 134 valence electrons. The molecule has 0 fully saturated rings. The SMILES string of the molecule is CC(C)(C)c1ccccc1OCC(=O)NCCNC(=O)c1ccco1. The molecule has 0 aliphatic rings. The zero-order chi connectivity index (χ0) is 18.3. The molecule has 2 rings (SSSR count). The number of para-hydroxylation sites is 1. The lowest BCUT2D eigenvalue weighted by atomic mass is 9.86. The summed E-state index contributed by atoms with van der Waals surface area (Å²) in [4.78, 5) is 23.5. The van der Waals surface area contributed by atoms with E-state index in [0.717, 1.165) is 5.56 Å². The van der Waals surface area contributed by atoms with Crippen molar-refractivity contribution in [2.24, 2.45) is 0 Å². The minimum atomic E-state index is -0.311. The summed E-state index contributed by atoms with van der Waals surface area (Å²) in [6, 6.07) is 10.9. The molecule has 2 N–H and O–H groups in total. The molecule has 0 saturated heterocycles. The van der Waals surface area contributed by atoms with Gasteiger partial charge in [0.15, 0.2) is 12.4 Å². The molecule has 0 saturated carbocycles. The smallest absolute Gasteiger partial charge is 0.287 e. The molecule has 0 unspecified atom stereocenters. The van der Waals surface area contributed by atoms with Gasteiger partial charge in [-0.05, 0) is 29.2 Å². The first-order valence-corrected chi connectivity index (χ1v) is 8.18. The number of ether oxygens (including phenoxy) is 1. The van der Waals surface area contributed by atoms with Gasteiger partial charge in [-0.15, -0.1) is 0 Å². The molecule has 6 nitrogen and oxygen atoms in total. The Kier molecular flexibility index (Phi) is 6.22. The number of amides is 2. The van der Waals surface area contributed by atoms with E-state index in [1.54, 1.807) is 12.1 Å². The summed E-state index contributed by atoms with van der Waals surface area (Å²) in [6.07, 6.45) is 1.43. The van der Waals surface area contributed by atoms with Crippen LogP contribution in [0.2, 0.25) is 0 Å². The molecule has 6 heteroatoms. The van der Waals surface area contributed by atoms with E-state index in [9.17, 15) is 9.59 Å². The van der Waals surface area contributed by atoms with Crippen LogP contribution in [-0.4, -0.2) is 31.5 Å². The van der Waals surface area contributed by atoms with Crippen molar-refractivity contribution in [2.75, 3.05) is 19.7 Å². The lowest BCUT2D eigenvalue weighted by Crippen LogP contribution is -2.36. The van der Waals surface area contributed by atoms with Crippen LogP contribution in [0, 0.1) is 0 Å². The second kappa shape index (κ2) is 8.37. The maximum atomic E-state index is 11.9. The van der Waals surface area contributed by atoms with Crippen molar-refractivity contribution in [2.45, 2.75) is 26.2 Å². The molecule has 0 aliphatic heterocycles. The van der Waals surface area contributed by atoms with Crippen LogP contribution < -0.4 is 15.4 Å². The third-order valence-corrected chi connectivity index (χ3v) is 3.53. The highest BCUT2D eigenvalue weighted by atomic mass is 16.5. The fraction of sp³-hybridized carbons (Fsp3) is 0.368. The van der Waals surface area contributed by atoms with Crippen molar-refractivity contribution in [3.05, 3.63) is 54.0 Å². The first-order chi connectivity index (χ1) is 11.9. The van der Waals surface area contributed by atoms with Gasteiger partial charge in [0, 0.05) is 13.1 Å².